The van der Waals surface area contributed by atoms with Gasteiger partial charge in [0.15, 0.2) is 8.32 Å². The standard InChI is InChI=1S/C18H29NO6Si/c1-12-16(25-26(5,6)18(2,3)4)15(11-20)24-17(12)23-14-9-7-13(8-10-14)19(21)22/h7-10,12,15-17,20H,11H2,1-6H3/t12?,15-,16+,17+/m1/s1. The van der Waals surface area contributed by atoms with Crippen LogP contribution in [0.2, 0.25) is 18.1 Å². The van der Waals surface area contributed by atoms with Gasteiger partial charge in [0.1, 0.15) is 11.9 Å². The van der Waals surface area contributed by atoms with Gasteiger partial charge in [-0.1, -0.05) is 27.7 Å². The maximum atomic E-state index is 10.7. The van der Waals surface area contributed by atoms with Gasteiger partial charge in [-0.05, 0) is 30.3 Å². The Morgan fingerprint density at radius 3 is 2.31 bits per heavy atom. The van der Waals surface area contributed by atoms with Crippen LogP contribution in [0.15, 0.2) is 24.3 Å². The molecular weight excluding hydrogens is 354 g/mol. The highest BCUT2D eigenvalue weighted by molar-refractivity contribution is 6.74. The van der Waals surface area contributed by atoms with Crippen LogP contribution in [0.1, 0.15) is 27.7 Å². The van der Waals surface area contributed by atoms with Crippen molar-refractivity contribution >= 4 is 14.0 Å². The Hall–Kier alpha value is -1.48. The number of nitrogens with zero attached hydrogens (tertiary/aromatic N) is 1. The number of benzene rings is 1. The molecule has 1 saturated heterocycles. The lowest BCUT2D eigenvalue weighted by Gasteiger charge is -2.40. The predicted octanol–water partition coefficient (Wildman–Crippen LogP) is 3.72. The van der Waals surface area contributed by atoms with Crippen LogP contribution in [0, 0.1) is 16.0 Å². The summed E-state index contributed by atoms with van der Waals surface area (Å²) in [7, 11) is -2.03. The first-order valence-corrected chi connectivity index (χ1v) is 11.7. The zero-order valence-electron chi connectivity index (χ0n) is 16.3. The number of aliphatic hydroxyl groups is 1. The van der Waals surface area contributed by atoms with Crippen LogP contribution >= 0.6 is 0 Å². The van der Waals surface area contributed by atoms with Crippen molar-refractivity contribution in [3.05, 3.63) is 34.4 Å². The van der Waals surface area contributed by atoms with E-state index < -0.39 is 25.6 Å². The Morgan fingerprint density at radius 2 is 1.85 bits per heavy atom. The molecule has 8 heteroatoms. The summed E-state index contributed by atoms with van der Waals surface area (Å²) in [6, 6.07) is 5.87. The van der Waals surface area contributed by atoms with E-state index in [2.05, 4.69) is 33.9 Å². The minimum absolute atomic E-state index is 0.00473. The van der Waals surface area contributed by atoms with Crippen LogP contribution in [-0.4, -0.2) is 43.5 Å². The van der Waals surface area contributed by atoms with Gasteiger partial charge in [0.25, 0.3) is 5.69 Å². The third-order valence-electron chi connectivity index (χ3n) is 5.34. The molecule has 0 radical (unpaired) electrons. The summed E-state index contributed by atoms with van der Waals surface area (Å²) < 4.78 is 18.2. The van der Waals surface area contributed by atoms with Crippen LogP contribution in [0.25, 0.3) is 0 Å². The number of non-ortho nitro benzene ring substituents is 1. The fourth-order valence-corrected chi connectivity index (χ4v) is 4.03. The van der Waals surface area contributed by atoms with Crippen molar-refractivity contribution in [2.24, 2.45) is 5.92 Å². The molecule has 4 atom stereocenters. The first-order valence-electron chi connectivity index (χ1n) is 8.81. The van der Waals surface area contributed by atoms with Gasteiger partial charge in [0.2, 0.25) is 6.29 Å². The molecule has 1 unspecified atom stereocenters. The molecule has 1 aliphatic heterocycles. The number of nitro benzene ring substituents is 1. The molecule has 146 valence electrons. The predicted molar refractivity (Wildman–Crippen MR) is 101 cm³/mol. The Morgan fingerprint density at radius 1 is 1.27 bits per heavy atom. The molecule has 0 amide bonds. The molecule has 1 heterocycles. The average Bonchev–Trinajstić information content (AvgIpc) is 2.82. The summed E-state index contributed by atoms with van der Waals surface area (Å²) in [6.07, 6.45) is -1.30. The molecule has 1 N–H and O–H groups in total. The number of ether oxygens (including phenoxy) is 2. The number of aliphatic hydroxyl groups excluding tert-OH is 1. The van der Waals surface area contributed by atoms with Gasteiger partial charge >= 0.3 is 0 Å². The number of hydrogen-bond donors (Lipinski definition) is 1. The van der Waals surface area contributed by atoms with E-state index in [1.807, 2.05) is 6.92 Å². The summed E-state index contributed by atoms with van der Waals surface area (Å²) in [6.45, 7) is 12.7. The van der Waals surface area contributed by atoms with Crippen LogP contribution in [0.4, 0.5) is 5.69 Å². The molecule has 1 aromatic carbocycles. The van der Waals surface area contributed by atoms with Crippen molar-refractivity contribution in [3.63, 3.8) is 0 Å². The summed E-state index contributed by atoms with van der Waals surface area (Å²) in [5.74, 6) is 0.397. The largest absolute Gasteiger partial charge is 0.465 e. The highest BCUT2D eigenvalue weighted by Gasteiger charge is 2.49. The van der Waals surface area contributed by atoms with Crippen LogP contribution in [0.5, 0.6) is 5.75 Å². The van der Waals surface area contributed by atoms with Gasteiger partial charge < -0.3 is 19.0 Å². The van der Waals surface area contributed by atoms with Gasteiger partial charge in [0.05, 0.1) is 17.6 Å². The second-order valence-electron chi connectivity index (χ2n) is 8.30. The monoisotopic (exact) mass is 383 g/mol. The van der Waals surface area contributed by atoms with E-state index in [1.54, 1.807) is 12.1 Å². The molecule has 1 aliphatic rings. The van der Waals surface area contributed by atoms with Gasteiger partial charge in [0, 0.05) is 18.1 Å². The molecule has 1 fully saturated rings. The molecule has 0 saturated carbocycles. The summed E-state index contributed by atoms with van der Waals surface area (Å²) in [5, 5.41) is 20.5. The molecule has 1 aromatic rings. The molecule has 2 rings (SSSR count). The minimum atomic E-state index is -2.03. The van der Waals surface area contributed by atoms with Crippen molar-refractivity contribution in [1.29, 1.82) is 0 Å². The quantitative estimate of drug-likeness (QED) is 0.457. The Kier molecular flexibility index (Phi) is 6.12. The smallest absolute Gasteiger partial charge is 0.269 e. The number of nitro groups is 1. The minimum Gasteiger partial charge on any atom is -0.465 e. The average molecular weight is 384 g/mol. The second-order valence-corrected chi connectivity index (χ2v) is 13.1. The van der Waals surface area contributed by atoms with Crippen LogP contribution in [-0.2, 0) is 9.16 Å². The first-order chi connectivity index (χ1) is 12.0. The first kappa shape index (κ1) is 20.8. The van der Waals surface area contributed by atoms with Gasteiger partial charge in [-0.15, -0.1) is 0 Å². The van der Waals surface area contributed by atoms with Gasteiger partial charge in [-0.2, -0.15) is 0 Å². The molecule has 0 bridgehead atoms. The number of rotatable bonds is 6. The second kappa shape index (κ2) is 7.64. The van der Waals surface area contributed by atoms with Crippen molar-refractivity contribution in [3.8, 4) is 5.75 Å². The Labute approximate surface area is 155 Å². The highest BCUT2D eigenvalue weighted by Crippen LogP contribution is 2.41. The lowest BCUT2D eigenvalue weighted by atomic mass is 10.0. The summed E-state index contributed by atoms with van der Waals surface area (Å²) in [5.41, 5.74) is 0.00473. The van der Waals surface area contributed by atoms with E-state index in [0.717, 1.165) is 0 Å². The third kappa shape index (κ3) is 4.43. The topological polar surface area (TPSA) is 91.1 Å². The zero-order chi connectivity index (χ0) is 19.7. The molecule has 0 spiro atoms. The van der Waals surface area contributed by atoms with E-state index in [9.17, 15) is 15.2 Å². The van der Waals surface area contributed by atoms with Crippen molar-refractivity contribution in [2.45, 2.75) is 64.3 Å². The van der Waals surface area contributed by atoms with Crippen LogP contribution in [0.3, 0.4) is 0 Å². The van der Waals surface area contributed by atoms with E-state index in [1.165, 1.54) is 12.1 Å². The Bertz CT molecular complexity index is 628. The van der Waals surface area contributed by atoms with E-state index >= 15 is 0 Å². The third-order valence-corrected chi connectivity index (χ3v) is 9.81. The molecule has 7 nitrogen and oxygen atoms in total. The van der Waals surface area contributed by atoms with E-state index in [0.29, 0.717) is 5.75 Å². The van der Waals surface area contributed by atoms with Crippen LogP contribution < -0.4 is 4.74 Å². The molecule has 0 aromatic heterocycles. The van der Waals surface area contributed by atoms with E-state index in [4.69, 9.17) is 13.9 Å². The van der Waals surface area contributed by atoms with Crippen molar-refractivity contribution in [1.82, 2.24) is 0 Å². The fraction of sp³-hybridized carbons (Fsp3) is 0.667. The summed E-state index contributed by atoms with van der Waals surface area (Å²) >= 11 is 0. The van der Waals surface area contributed by atoms with E-state index in [-0.39, 0.29) is 29.4 Å². The highest BCUT2D eigenvalue weighted by atomic mass is 28.4. The lowest BCUT2D eigenvalue weighted by Crippen LogP contribution is -2.48. The number of hydrogen-bond acceptors (Lipinski definition) is 6. The lowest BCUT2D eigenvalue weighted by molar-refractivity contribution is -0.384. The molecule has 0 aliphatic carbocycles. The normalized spacial score (nSPS) is 26.7. The molecular formula is C18H29NO6Si. The van der Waals surface area contributed by atoms with Crippen molar-refractivity contribution in [2.75, 3.05) is 6.61 Å². The molecule has 26 heavy (non-hydrogen) atoms. The van der Waals surface area contributed by atoms with Gasteiger partial charge in [-0.25, -0.2) is 0 Å². The maximum absolute atomic E-state index is 10.7. The maximum Gasteiger partial charge on any atom is 0.269 e. The van der Waals surface area contributed by atoms with Gasteiger partial charge in [-0.3, -0.25) is 10.1 Å². The summed E-state index contributed by atoms with van der Waals surface area (Å²) in [4.78, 5) is 10.3. The fourth-order valence-electron chi connectivity index (χ4n) is 2.63. The SMILES string of the molecule is CC1[C@@H](Oc2ccc([N+](=O)[O-])cc2)O[C@H](CO)[C@H]1O[Si](C)(C)C(C)(C)C. The Balaban J connectivity index is 2.11. The van der Waals surface area contributed by atoms with Crippen molar-refractivity contribution < 1.29 is 23.9 Å². The zero-order valence-corrected chi connectivity index (χ0v) is 17.3.